The van der Waals surface area contributed by atoms with Crippen molar-refractivity contribution in [2.24, 2.45) is 11.8 Å². The van der Waals surface area contributed by atoms with Gasteiger partial charge in [0.2, 0.25) is 0 Å². The number of hydrogen-bond donors (Lipinski definition) is 1. The van der Waals surface area contributed by atoms with Crippen molar-refractivity contribution in [3.8, 4) is 0 Å². The highest BCUT2D eigenvalue weighted by molar-refractivity contribution is 5.87. The summed E-state index contributed by atoms with van der Waals surface area (Å²) in [6, 6.07) is 0. The Morgan fingerprint density at radius 2 is 1.48 bits per heavy atom. The molecule has 1 N–H and O–H groups in total. The molecule has 0 bridgehead atoms. The molecule has 0 aliphatic heterocycles. The van der Waals surface area contributed by atoms with E-state index in [9.17, 15) is 9.90 Å². The molecule has 0 rings (SSSR count). The van der Waals surface area contributed by atoms with E-state index in [1.54, 1.807) is 0 Å². The van der Waals surface area contributed by atoms with Gasteiger partial charge in [0.15, 0.2) is 0 Å². The Hall–Kier alpha value is -0.790. The van der Waals surface area contributed by atoms with E-state index in [1.165, 1.54) is 32.1 Å². The van der Waals surface area contributed by atoms with Crippen molar-refractivity contribution in [3.05, 3.63) is 11.6 Å². The second-order valence-corrected chi connectivity index (χ2v) is 6.19. The molecule has 0 aromatic carbocycles. The van der Waals surface area contributed by atoms with Gasteiger partial charge in [0.05, 0.1) is 0 Å². The van der Waals surface area contributed by atoms with Gasteiger partial charge in [-0.25, -0.2) is 4.79 Å². The Labute approximate surface area is 132 Å². The number of allylic oxidation sites excluding steroid dienone is 1. The summed E-state index contributed by atoms with van der Waals surface area (Å²) < 4.78 is 0. The fourth-order valence-corrected chi connectivity index (χ4v) is 2.92. The van der Waals surface area contributed by atoms with E-state index in [-0.39, 0.29) is 5.92 Å². The third-order valence-corrected chi connectivity index (χ3v) is 4.45. The van der Waals surface area contributed by atoms with E-state index in [0.717, 1.165) is 32.1 Å². The molecule has 2 nitrogen and oxygen atoms in total. The summed E-state index contributed by atoms with van der Waals surface area (Å²) in [6.45, 7) is 8.69. The first-order chi connectivity index (χ1) is 10.1. The topological polar surface area (TPSA) is 37.3 Å². The van der Waals surface area contributed by atoms with Gasteiger partial charge in [-0.15, -0.1) is 0 Å². The average molecular weight is 296 g/mol. The highest BCUT2D eigenvalue weighted by Crippen LogP contribution is 2.26. The molecule has 0 saturated heterocycles. The molecule has 0 saturated carbocycles. The molecule has 2 heteroatoms. The van der Waals surface area contributed by atoms with Gasteiger partial charge in [0.1, 0.15) is 0 Å². The fourth-order valence-electron chi connectivity index (χ4n) is 2.92. The van der Waals surface area contributed by atoms with E-state index < -0.39 is 5.97 Å². The molecule has 0 heterocycles. The highest BCUT2D eigenvalue weighted by Gasteiger charge is 2.20. The van der Waals surface area contributed by atoms with Crippen molar-refractivity contribution in [1.82, 2.24) is 0 Å². The number of aliphatic carboxylic acids is 1. The predicted molar refractivity (Wildman–Crippen MR) is 91.6 cm³/mol. The number of unbranched alkanes of at least 4 members (excludes halogenated alkanes) is 4. The predicted octanol–water partition coefficient (Wildman–Crippen LogP) is 6.21. The molecular formula is C19H36O2. The average Bonchev–Trinajstić information content (AvgIpc) is 2.48. The molecule has 0 aromatic heterocycles. The zero-order chi connectivity index (χ0) is 16.1. The molecule has 2 unspecified atom stereocenters. The smallest absolute Gasteiger partial charge is 0.331 e. The molecule has 124 valence electrons. The van der Waals surface area contributed by atoms with Gasteiger partial charge in [-0.1, -0.05) is 72.3 Å². The zero-order valence-corrected chi connectivity index (χ0v) is 14.7. The van der Waals surface area contributed by atoms with Crippen molar-refractivity contribution in [2.75, 3.05) is 0 Å². The van der Waals surface area contributed by atoms with E-state index in [2.05, 4.69) is 33.8 Å². The molecule has 0 aromatic rings. The van der Waals surface area contributed by atoms with Crippen LogP contribution in [0.1, 0.15) is 91.9 Å². The standard InChI is InChI=1S/C19H36O2/c1-5-9-11-13-16(7-3)15-18(19(20)21)17(8-4)14-12-10-6-2/h15-17H,5-14H2,1-4H3,(H,20,21). The molecule has 21 heavy (non-hydrogen) atoms. The minimum absolute atomic E-state index is 0.231. The largest absolute Gasteiger partial charge is 0.478 e. The second kappa shape index (κ2) is 12.9. The SMILES string of the molecule is CCCCCC(C=C(C(=O)O)C(CC)CCCCC)CC. The van der Waals surface area contributed by atoms with Crippen LogP contribution < -0.4 is 0 Å². The van der Waals surface area contributed by atoms with Crippen molar-refractivity contribution in [3.63, 3.8) is 0 Å². The monoisotopic (exact) mass is 296 g/mol. The summed E-state index contributed by atoms with van der Waals surface area (Å²) in [4.78, 5) is 11.6. The van der Waals surface area contributed by atoms with Crippen molar-refractivity contribution in [1.29, 1.82) is 0 Å². The summed E-state index contributed by atoms with van der Waals surface area (Å²) in [6.07, 6.45) is 13.4. The van der Waals surface area contributed by atoms with Crippen LogP contribution >= 0.6 is 0 Å². The van der Waals surface area contributed by atoms with E-state index >= 15 is 0 Å². The van der Waals surface area contributed by atoms with E-state index in [0.29, 0.717) is 11.5 Å². The first-order valence-electron chi connectivity index (χ1n) is 9.05. The van der Waals surface area contributed by atoms with Crippen LogP contribution in [0.3, 0.4) is 0 Å². The molecular weight excluding hydrogens is 260 g/mol. The first kappa shape index (κ1) is 20.2. The normalized spacial score (nSPS) is 15.0. The Kier molecular flexibility index (Phi) is 12.4. The number of hydrogen-bond acceptors (Lipinski definition) is 1. The van der Waals surface area contributed by atoms with E-state index in [1.807, 2.05) is 0 Å². The van der Waals surface area contributed by atoms with Crippen LogP contribution in [0.2, 0.25) is 0 Å². The first-order valence-corrected chi connectivity index (χ1v) is 9.05. The van der Waals surface area contributed by atoms with Gasteiger partial charge in [-0.3, -0.25) is 0 Å². The second-order valence-electron chi connectivity index (χ2n) is 6.19. The third kappa shape index (κ3) is 8.95. The molecule has 0 radical (unpaired) electrons. The Balaban J connectivity index is 4.78. The summed E-state index contributed by atoms with van der Waals surface area (Å²) in [5.41, 5.74) is 0.678. The summed E-state index contributed by atoms with van der Waals surface area (Å²) >= 11 is 0. The summed E-state index contributed by atoms with van der Waals surface area (Å²) in [7, 11) is 0. The Morgan fingerprint density at radius 3 is 1.90 bits per heavy atom. The minimum atomic E-state index is -0.702. The highest BCUT2D eigenvalue weighted by atomic mass is 16.4. The maximum absolute atomic E-state index is 11.6. The van der Waals surface area contributed by atoms with Crippen LogP contribution in [0, 0.1) is 11.8 Å². The molecule has 0 aliphatic rings. The molecule has 0 aliphatic carbocycles. The van der Waals surface area contributed by atoms with Crippen LogP contribution in [-0.2, 0) is 4.79 Å². The lowest BCUT2D eigenvalue weighted by Gasteiger charge is -2.19. The van der Waals surface area contributed by atoms with Gasteiger partial charge in [-0.05, 0) is 37.5 Å². The molecule has 0 fully saturated rings. The zero-order valence-electron chi connectivity index (χ0n) is 14.7. The van der Waals surface area contributed by atoms with Gasteiger partial charge >= 0.3 is 5.97 Å². The fraction of sp³-hybridized carbons (Fsp3) is 0.842. The van der Waals surface area contributed by atoms with Crippen LogP contribution in [-0.4, -0.2) is 11.1 Å². The number of carbonyl (C=O) groups is 1. The van der Waals surface area contributed by atoms with Crippen molar-refractivity contribution >= 4 is 5.97 Å². The summed E-state index contributed by atoms with van der Waals surface area (Å²) in [5, 5.41) is 9.58. The maximum atomic E-state index is 11.6. The molecule has 0 spiro atoms. The lowest BCUT2D eigenvalue weighted by Crippen LogP contribution is -2.14. The van der Waals surface area contributed by atoms with Gasteiger partial charge in [-0.2, -0.15) is 0 Å². The van der Waals surface area contributed by atoms with Gasteiger partial charge in [0, 0.05) is 5.57 Å². The Bertz CT molecular complexity index is 294. The lowest BCUT2D eigenvalue weighted by molar-refractivity contribution is -0.133. The van der Waals surface area contributed by atoms with Gasteiger partial charge < -0.3 is 5.11 Å². The van der Waals surface area contributed by atoms with Crippen molar-refractivity contribution < 1.29 is 9.90 Å². The third-order valence-electron chi connectivity index (χ3n) is 4.45. The number of carboxylic acids is 1. The Morgan fingerprint density at radius 1 is 0.905 bits per heavy atom. The maximum Gasteiger partial charge on any atom is 0.331 e. The lowest BCUT2D eigenvalue weighted by atomic mass is 9.86. The number of carboxylic acid groups (broad SMARTS) is 1. The molecule has 0 amide bonds. The molecule has 2 atom stereocenters. The summed E-state index contributed by atoms with van der Waals surface area (Å²) in [5.74, 6) is -0.0376. The van der Waals surface area contributed by atoms with Gasteiger partial charge in [0.25, 0.3) is 0 Å². The van der Waals surface area contributed by atoms with E-state index in [4.69, 9.17) is 0 Å². The number of rotatable bonds is 13. The van der Waals surface area contributed by atoms with Crippen LogP contribution in [0.5, 0.6) is 0 Å². The van der Waals surface area contributed by atoms with Crippen molar-refractivity contribution in [2.45, 2.75) is 91.9 Å². The quantitative estimate of drug-likeness (QED) is 0.324. The minimum Gasteiger partial charge on any atom is -0.478 e. The van der Waals surface area contributed by atoms with Crippen LogP contribution in [0.25, 0.3) is 0 Å². The van der Waals surface area contributed by atoms with Crippen LogP contribution in [0.4, 0.5) is 0 Å². The van der Waals surface area contributed by atoms with Crippen LogP contribution in [0.15, 0.2) is 11.6 Å².